The van der Waals surface area contributed by atoms with Crippen LogP contribution < -0.4 is 5.73 Å². The summed E-state index contributed by atoms with van der Waals surface area (Å²) >= 11 is 0. The lowest BCUT2D eigenvalue weighted by Gasteiger charge is -2.28. The van der Waals surface area contributed by atoms with Crippen LogP contribution in [0.1, 0.15) is 39.0 Å². The Labute approximate surface area is 109 Å². The molecule has 5 nitrogen and oxygen atoms in total. The molecule has 0 saturated heterocycles. The van der Waals surface area contributed by atoms with Crippen molar-refractivity contribution in [2.24, 2.45) is 17.1 Å². The van der Waals surface area contributed by atoms with Gasteiger partial charge in [-0.25, -0.2) is 8.42 Å². The number of aliphatic carboxylic acids is 1. The molecule has 0 aromatic carbocycles. The Kier molecular flexibility index (Phi) is 5.16. The summed E-state index contributed by atoms with van der Waals surface area (Å²) in [5.74, 6) is -0.250. The summed E-state index contributed by atoms with van der Waals surface area (Å²) in [6.45, 7) is 1.69. The van der Waals surface area contributed by atoms with Crippen LogP contribution in [0.2, 0.25) is 0 Å². The molecular weight excluding hydrogens is 254 g/mol. The Hall–Kier alpha value is -0.620. The fourth-order valence-corrected chi connectivity index (χ4v) is 3.09. The Morgan fingerprint density at radius 1 is 1.44 bits per heavy atom. The van der Waals surface area contributed by atoms with E-state index in [1.165, 1.54) is 0 Å². The van der Waals surface area contributed by atoms with Crippen molar-refractivity contribution < 1.29 is 18.3 Å². The van der Waals surface area contributed by atoms with Gasteiger partial charge in [0.25, 0.3) is 0 Å². The molecule has 106 valence electrons. The Morgan fingerprint density at radius 2 is 2.06 bits per heavy atom. The number of carboxylic acid groups (broad SMARTS) is 1. The first kappa shape index (κ1) is 15.4. The summed E-state index contributed by atoms with van der Waals surface area (Å²) in [7, 11) is -3.02. The minimum absolute atomic E-state index is 0.0587. The van der Waals surface area contributed by atoms with Crippen LogP contribution in [0.3, 0.4) is 0 Å². The summed E-state index contributed by atoms with van der Waals surface area (Å²) in [6.07, 6.45) is 3.47. The van der Waals surface area contributed by atoms with Gasteiger partial charge >= 0.3 is 5.97 Å². The van der Waals surface area contributed by atoms with E-state index in [2.05, 4.69) is 0 Å². The summed E-state index contributed by atoms with van der Waals surface area (Å²) in [5, 5.41) is 9.36. The highest BCUT2D eigenvalue weighted by Crippen LogP contribution is 2.42. The standard InChI is InChI=1S/C12H23NO4S/c1-2-18(16,17)7-3-6-12(9-13,11(14)15)8-10-4-5-10/h10H,2-9,13H2,1H3,(H,14,15). The fourth-order valence-electron chi connectivity index (χ4n) is 2.22. The van der Waals surface area contributed by atoms with Gasteiger partial charge in [0, 0.05) is 12.3 Å². The van der Waals surface area contributed by atoms with E-state index in [1.54, 1.807) is 6.92 Å². The maximum Gasteiger partial charge on any atom is 0.310 e. The van der Waals surface area contributed by atoms with Crippen molar-refractivity contribution in [2.45, 2.75) is 39.0 Å². The lowest BCUT2D eigenvalue weighted by molar-refractivity contribution is -0.149. The molecule has 0 bridgehead atoms. The Bertz CT molecular complexity index is 389. The lowest BCUT2D eigenvalue weighted by atomic mass is 9.78. The molecule has 0 amide bonds. The number of rotatable bonds is 9. The number of nitrogens with two attached hydrogens (primary N) is 1. The third kappa shape index (κ3) is 4.24. The Morgan fingerprint density at radius 3 is 2.44 bits per heavy atom. The van der Waals surface area contributed by atoms with E-state index in [0.29, 0.717) is 25.2 Å². The van der Waals surface area contributed by atoms with Crippen molar-refractivity contribution in [1.82, 2.24) is 0 Å². The predicted molar refractivity (Wildman–Crippen MR) is 70.0 cm³/mol. The molecule has 1 saturated carbocycles. The SMILES string of the molecule is CCS(=O)(=O)CCCC(CN)(CC1CC1)C(=O)O. The molecule has 0 radical (unpaired) electrons. The smallest absolute Gasteiger partial charge is 0.310 e. The van der Waals surface area contributed by atoms with Crippen molar-refractivity contribution in [1.29, 1.82) is 0 Å². The molecule has 1 aliphatic carbocycles. The van der Waals surface area contributed by atoms with E-state index >= 15 is 0 Å². The average Bonchev–Trinajstić information content (AvgIpc) is 3.11. The van der Waals surface area contributed by atoms with Crippen molar-refractivity contribution in [3.05, 3.63) is 0 Å². The Balaban J connectivity index is 2.58. The molecule has 0 heterocycles. The van der Waals surface area contributed by atoms with E-state index < -0.39 is 21.2 Å². The summed E-state index contributed by atoms with van der Waals surface area (Å²) in [6, 6.07) is 0. The fraction of sp³-hybridized carbons (Fsp3) is 0.917. The van der Waals surface area contributed by atoms with Gasteiger partial charge in [0.1, 0.15) is 9.84 Å². The van der Waals surface area contributed by atoms with Crippen molar-refractivity contribution in [3.8, 4) is 0 Å². The molecule has 1 atom stereocenters. The normalized spacial score (nSPS) is 19.4. The van der Waals surface area contributed by atoms with E-state index in [1.807, 2.05) is 0 Å². The predicted octanol–water partition coefficient (Wildman–Crippen LogP) is 1.03. The molecule has 1 fully saturated rings. The zero-order chi connectivity index (χ0) is 13.8. The molecular formula is C12H23NO4S. The molecule has 0 aliphatic heterocycles. The first-order chi connectivity index (χ1) is 8.35. The third-order valence-corrected chi connectivity index (χ3v) is 5.56. The molecule has 1 aliphatic rings. The molecule has 6 heteroatoms. The minimum Gasteiger partial charge on any atom is -0.481 e. The molecule has 0 aromatic rings. The van der Waals surface area contributed by atoms with Crippen LogP contribution in [0.25, 0.3) is 0 Å². The largest absolute Gasteiger partial charge is 0.481 e. The van der Waals surface area contributed by atoms with Gasteiger partial charge in [0.15, 0.2) is 0 Å². The van der Waals surface area contributed by atoms with Crippen LogP contribution in [0.15, 0.2) is 0 Å². The van der Waals surface area contributed by atoms with Crippen LogP contribution >= 0.6 is 0 Å². The van der Waals surface area contributed by atoms with Crippen LogP contribution in [-0.4, -0.2) is 37.5 Å². The summed E-state index contributed by atoms with van der Waals surface area (Å²) in [4.78, 5) is 11.4. The molecule has 1 unspecified atom stereocenters. The van der Waals surface area contributed by atoms with Crippen LogP contribution in [0, 0.1) is 11.3 Å². The average molecular weight is 277 g/mol. The molecule has 3 N–H and O–H groups in total. The molecule has 0 spiro atoms. The monoisotopic (exact) mass is 277 g/mol. The lowest BCUT2D eigenvalue weighted by Crippen LogP contribution is -2.39. The highest BCUT2D eigenvalue weighted by atomic mass is 32.2. The van der Waals surface area contributed by atoms with Crippen LogP contribution in [0.4, 0.5) is 0 Å². The second-order valence-electron chi connectivity index (χ2n) is 5.28. The van der Waals surface area contributed by atoms with Crippen molar-refractivity contribution >= 4 is 15.8 Å². The molecule has 0 aromatic heterocycles. The molecule has 1 rings (SSSR count). The zero-order valence-electron chi connectivity index (χ0n) is 10.9. The number of hydrogen-bond acceptors (Lipinski definition) is 4. The van der Waals surface area contributed by atoms with Gasteiger partial charge in [-0.3, -0.25) is 4.79 Å². The first-order valence-electron chi connectivity index (χ1n) is 6.49. The highest BCUT2D eigenvalue weighted by molar-refractivity contribution is 7.91. The summed E-state index contributed by atoms with van der Waals surface area (Å²) < 4.78 is 22.8. The third-order valence-electron chi connectivity index (χ3n) is 3.77. The van der Waals surface area contributed by atoms with E-state index in [-0.39, 0.29) is 18.1 Å². The van der Waals surface area contributed by atoms with E-state index in [4.69, 9.17) is 5.73 Å². The number of carbonyl (C=O) groups is 1. The van der Waals surface area contributed by atoms with Gasteiger partial charge in [-0.05, 0) is 25.2 Å². The number of hydrogen-bond donors (Lipinski definition) is 2. The zero-order valence-corrected chi connectivity index (χ0v) is 11.7. The summed E-state index contributed by atoms with van der Waals surface area (Å²) in [5.41, 5.74) is 4.71. The van der Waals surface area contributed by atoms with Gasteiger partial charge < -0.3 is 10.8 Å². The quantitative estimate of drug-likeness (QED) is 0.656. The van der Waals surface area contributed by atoms with E-state index in [9.17, 15) is 18.3 Å². The van der Waals surface area contributed by atoms with Gasteiger partial charge in [-0.2, -0.15) is 0 Å². The van der Waals surface area contributed by atoms with Crippen LogP contribution in [0.5, 0.6) is 0 Å². The van der Waals surface area contributed by atoms with Gasteiger partial charge in [-0.15, -0.1) is 0 Å². The number of sulfone groups is 1. The van der Waals surface area contributed by atoms with Crippen molar-refractivity contribution in [3.63, 3.8) is 0 Å². The van der Waals surface area contributed by atoms with E-state index in [0.717, 1.165) is 12.8 Å². The topological polar surface area (TPSA) is 97.5 Å². The van der Waals surface area contributed by atoms with Crippen molar-refractivity contribution in [2.75, 3.05) is 18.1 Å². The second-order valence-corrected chi connectivity index (χ2v) is 7.75. The number of carboxylic acids is 1. The maximum atomic E-state index is 11.4. The van der Waals surface area contributed by atoms with Gasteiger partial charge in [0.2, 0.25) is 0 Å². The molecule has 18 heavy (non-hydrogen) atoms. The minimum atomic E-state index is -3.02. The first-order valence-corrected chi connectivity index (χ1v) is 8.31. The maximum absolute atomic E-state index is 11.4. The second kappa shape index (κ2) is 6.02. The van der Waals surface area contributed by atoms with Crippen LogP contribution in [-0.2, 0) is 14.6 Å². The van der Waals surface area contributed by atoms with Gasteiger partial charge in [-0.1, -0.05) is 19.8 Å². The van der Waals surface area contributed by atoms with Gasteiger partial charge in [0.05, 0.1) is 11.2 Å². The highest BCUT2D eigenvalue weighted by Gasteiger charge is 2.41.